The predicted molar refractivity (Wildman–Crippen MR) is 86.7 cm³/mol. The highest BCUT2D eigenvalue weighted by Crippen LogP contribution is 2.22. The van der Waals surface area contributed by atoms with Gasteiger partial charge in [-0.25, -0.2) is 12.8 Å². The fourth-order valence-electron chi connectivity index (χ4n) is 2.78. The van der Waals surface area contributed by atoms with Gasteiger partial charge in [0, 0.05) is 13.1 Å². The number of aryl methyl sites for hydroxylation is 1. The lowest BCUT2D eigenvalue weighted by atomic mass is 10.0. The zero-order chi connectivity index (χ0) is 17.2. The summed E-state index contributed by atoms with van der Waals surface area (Å²) >= 11 is 0. The van der Waals surface area contributed by atoms with Crippen molar-refractivity contribution < 1.29 is 17.6 Å². The standard InChI is InChI=1S/C16H23FN2O3S/c1-11(2)15(19-7-4-8-23(19,21)22)16(20)18-10-13-6-5-12(3)14(17)9-13/h5-6,9,11,15H,4,7-8,10H2,1-3H3,(H,18,20). The molecule has 1 heterocycles. The highest BCUT2D eigenvalue weighted by atomic mass is 32.2. The van der Waals surface area contributed by atoms with Gasteiger partial charge in [0.15, 0.2) is 0 Å². The number of nitrogens with zero attached hydrogens (tertiary/aromatic N) is 1. The molecule has 0 aliphatic carbocycles. The maximum absolute atomic E-state index is 13.5. The van der Waals surface area contributed by atoms with Crippen LogP contribution in [0.1, 0.15) is 31.4 Å². The molecule has 2 rings (SSSR count). The lowest BCUT2D eigenvalue weighted by molar-refractivity contribution is -0.126. The molecule has 23 heavy (non-hydrogen) atoms. The molecule has 1 N–H and O–H groups in total. The third-order valence-corrected chi connectivity index (χ3v) is 5.98. The van der Waals surface area contributed by atoms with Crippen molar-refractivity contribution in [1.29, 1.82) is 0 Å². The van der Waals surface area contributed by atoms with Crippen LogP contribution < -0.4 is 5.32 Å². The lowest BCUT2D eigenvalue weighted by Crippen LogP contribution is -2.50. The Labute approximate surface area is 136 Å². The van der Waals surface area contributed by atoms with Crippen LogP contribution in [0.5, 0.6) is 0 Å². The molecule has 1 unspecified atom stereocenters. The van der Waals surface area contributed by atoms with Crippen LogP contribution in [0.25, 0.3) is 0 Å². The smallest absolute Gasteiger partial charge is 0.238 e. The lowest BCUT2D eigenvalue weighted by Gasteiger charge is -2.28. The summed E-state index contributed by atoms with van der Waals surface area (Å²) in [7, 11) is -3.36. The van der Waals surface area contributed by atoms with Gasteiger partial charge in [0.1, 0.15) is 11.9 Å². The first-order valence-corrected chi connectivity index (χ1v) is 9.35. The van der Waals surface area contributed by atoms with E-state index in [-0.39, 0.29) is 29.9 Å². The average molecular weight is 342 g/mol. The van der Waals surface area contributed by atoms with E-state index in [1.54, 1.807) is 19.1 Å². The van der Waals surface area contributed by atoms with E-state index < -0.39 is 16.1 Å². The summed E-state index contributed by atoms with van der Waals surface area (Å²) in [5.41, 5.74) is 1.19. The van der Waals surface area contributed by atoms with Gasteiger partial charge < -0.3 is 5.32 Å². The Bertz CT molecular complexity index is 689. The Morgan fingerprint density at radius 1 is 1.39 bits per heavy atom. The van der Waals surface area contributed by atoms with E-state index >= 15 is 0 Å². The fraction of sp³-hybridized carbons (Fsp3) is 0.562. The first-order valence-electron chi connectivity index (χ1n) is 7.74. The van der Waals surface area contributed by atoms with Gasteiger partial charge in [0.05, 0.1) is 5.75 Å². The van der Waals surface area contributed by atoms with Crippen LogP contribution in [-0.2, 0) is 21.4 Å². The van der Waals surface area contributed by atoms with Crippen LogP contribution in [-0.4, -0.2) is 37.0 Å². The van der Waals surface area contributed by atoms with E-state index in [1.807, 2.05) is 13.8 Å². The molecule has 0 aromatic heterocycles. The normalized spacial score (nSPS) is 19.0. The summed E-state index contributed by atoms with van der Waals surface area (Å²) in [6.07, 6.45) is 0.544. The first kappa shape index (κ1) is 17.9. The minimum absolute atomic E-state index is 0.0900. The van der Waals surface area contributed by atoms with Crippen LogP contribution in [0.4, 0.5) is 4.39 Å². The topological polar surface area (TPSA) is 66.5 Å². The van der Waals surface area contributed by atoms with Crippen molar-refractivity contribution in [1.82, 2.24) is 9.62 Å². The van der Waals surface area contributed by atoms with Crippen molar-refractivity contribution in [2.45, 2.75) is 39.8 Å². The maximum atomic E-state index is 13.5. The number of halogens is 1. The van der Waals surface area contributed by atoms with Crippen LogP contribution in [0.3, 0.4) is 0 Å². The molecule has 0 radical (unpaired) electrons. The molecular weight excluding hydrogens is 319 g/mol. The molecule has 0 saturated carbocycles. The number of hydrogen-bond acceptors (Lipinski definition) is 3. The zero-order valence-corrected chi connectivity index (χ0v) is 14.5. The number of benzene rings is 1. The molecule has 5 nitrogen and oxygen atoms in total. The number of hydrogen-bond donors (Lipinski definition) is 1. The Balaban J connectivity index is 2.08. The molecule has 1 aliphatic rings. The molecule has 1 saturated heterocycles. The van der Waals surface area contributed by atoms with E-state index in [2.05, 4.69) is 5.32 Å². The average Bonchev–Trinajstić information content (AvgIpc) is 2.80. The fourth-order valence-corrected chi connectivity index (χ4v) is 4.60. The number of sulfonamides is 1. The molecule has 0 spiro atoms. The van der Waals surface area contributed by atoms with Crippen molar-refractivity contribution in [3.8, 4) is 0 Å². The highest BCUT2D eigenvalue weighted by molar-refractivity contribution is 7.89. The van der Waals surface area contributed by atoms with Crippen molar-refractivity contribution in [3.63, 3.8) is 0 Å². The molecule has 1 amide bonds. The first-order chi connectivity index (χ1) is 10.7. The van der Waals surface area contributed by atoms with Gasteiger partial charge in [-0.3, -0.25) is 4.79 Å². The Hall–Kier alpha value is -1.47. The molecule has 0 bridgehead atoms. The largest absolute Gasteiger partial charge is 0.351 e. The Kier molecular flexibility index (Phi) is 5.41. The maximum Gasteiger partial charge on any atom is 0.238 e. The third kappa shape index (κ3) is 4.09. The van der Waals surface area contributed by atoms with Crippen LogP contribution >= 0.6 is 0 Å². The summed E-state index contributed by atoms with van der Waals surface area (Å²) < 4.78 is 39.0. The van der Waals surface area contributed by atoms with Gasteiger partial charge in [-0.05, 0) is 36.5 Å². The zero-order valence-electron chi connectivity index (χ0n) is 13.7. The molecule has 1 fully saturated rings. The van der Waals surface area contributed by atoms with E-state index in [1.165, 1.54) is 10.4 Å². The third-order valence-electron chi connectivity index (χ3n) is 4.05. The van der Waals surface area contributed by atoms with Crippen LogP contribution in [0.2, 0.25) is 0 Å². The van der Waals surface area contributed by atoms with Gasteiger partial charge in [-0.2, -0.15) is 4.31 Å². The summed E-state index contributed by atoms with van der Waals surface area (Å²) in [5.74, 6) is -0.712. The van der Waals surface area contributed by atoms with Gasteiger partial charge in [-0.15, -0.1) is 0 Å². The van der Waals surface area contributed by atoms with Crippen molar-refractivity contribution in [2.24, 2.45) is 5.92 Å². The van der Waals surface area contributed by atoms with Crippen LogP contribution in [0.15, 0.2) is 18.2 Å². The summed E-state index contributed by atoms with van der Waals surface area (Å²) in [4.78, 5) is 12.5. The minimum Gasteiger partial charge on any atom is -0.351 e. The quantitative estimate of drug-likeness (QED) is 0.887. The highest BCUT2D eigenvalue weighted by Gasteiger charge is 2.39. The monoisotopic (exact) mass is 342 g/mol. The summed E-state index contributed by atoms with van der Waals surface area (Å²) in [5, 5.41) is 2.73. The Morgan fingerprint density at radius 3 is 2.61 bits per heavy atom. The van der Waals surface area contributed by atoms with Gasteiger partial charge in [0.25, 0.3) is 0 Å². The van der Waals surface area contributed by atoms with Crippen molar-refractivity contribution in [3.05, 3.63) is 35.1 Å². The number of carbonyl (C=O) groups excluding carboxylic acids is 1. The summed E-state index contributed by atoms with van der Waals surface area (Å²) in [6, 6.07) is 4.06. The van der Waals surface area contributed by atoms with Gasteiger partial charge >= 0.3 is 0 Å². The predicted octanol–water partition coefficient (Wildman–Crippen LogP) is 1.81. The SMILES string of the molecule is Cc1ccc(CNC(=O)C(C(C)C)N2CCCS2(=O)=O)cc1F. The molecule has 7 heteroatoms. The second-order valence-electron chi connectivity index (χ2n) is 6.27. The summed E-state index contributed by atoms with van der Waals surface area (Å²) in [6.45, 7) is 5.86. The number of carbonyl (C=O) groups is 1. The van der Waals surface area contributed by atoms with Crippen molar-refractivity contribution >= 4 is 15.9 Å². The number of nitrogens with one attached hydrogen (secondary N) is 1. The molecular formula is C16H23FN2O3S. The van der Waals surface area contributed by atoms with E-state index in [9.17, 15) is 17.6 Å². The van der Waals surface area contributed by atoms with E-state index in [0.717, 1.165) is 0 Å². The second-order valence-corrected chi connectivity index (χ2v) is 8.31. The van der Waals surface area contributed by atoms with Gasteiger partial charge in [-0.1, -0.05) is 26.0 Å². The molecule has 1 aromatic carbocycles. The minimum atomic E-state index is -3.36. The Morgan fingerprint density at radius 2 is 2.09 bits per heavy atom. The molecule has 128 valence electrons. The molecule has 1 atom stereocenters. The second kappa shape index (κ2) is 6.97. The van der Waals surface area contributed by atoms with Crippen molar-refractivity contribution in [2.75, 3.05) is 12.3 Å². The number of amides is 1. The van der Waals surface area contributed by atoms with Gasteiger partial charge in [0.2, 0.25) is 15.9 Å². The van der Waals surface area contributed by atoms with E-state index in [4.69, 9.17) is 0 Å². The molecule has 1 aliphatic heterocycles. The van der Waals surface area contributed by atoms with Crippen LogP contribution in [0, 0.1) is 18.7 Å². The van der Waals surface area contributed by atoms with E-state index in [0.29, 0.717) is 24.1 Å². The molecule has 1 aromatic rings. The number of rotatable bonds is 5.